The van der Waals surface area contributed by atoms with Crippen LogP contribution >= 0.6 is 0 Å². The maximum absolute atomic E-state index is 13.0. The Kier molecular flexibility index (Phi) is 5.36. The lowest BCUT2D eigenvalue weighted by Gasteiger charge is -2.29. The van der Waals surface area contributed by atoms with Gasteiger partial charge < -0.3 is 20.1 Å². The molecule has 3 unspecified atom stereocenters. The number of hydrogen-bond donors (Lipinski definition) is 2. The molecular formula is C18H25FN2O3. The second kappa shape index (κ2) is 7.49. The van der Waals surface area contributed by atoms with Crippen LogP contribution in [0.15, 0.2) is 24.3 Å². The standard InChI is InChI=1S/C18H25FN2O3/c1-12(17-3-2-10-24-17)20-18(23)21(15-8-9-15)11-16(22)13-4-6-14(19)7-5-13/h4-7,12,15-17,22H,2-3,8-11H2,1H3,(H,20,23). The molecule has 24 heavy (non-hydrogen) atoms. The number of halogens is 1. The smallest absolute Gasteiger partial charge is 0.318 e. The molecule has 2 amide bonds. The van der Waals surface area contributed by atoms with Crippen molar-refractivity contribution in [1.29, 1.82) is 0 Å². The van der Waals surface area contributed by atoms with Gasteiger partial charge in [-0.3, -0.25) is 0 Å². The number of nitrogens with one attached hydrogen (secondary N) is 1. The number of rotatable bonds is 6. The molecule has 1 heterocycles. The fourth-order valence-corrected chi connectivity index (χ4v) is 3.13. The lowest BCUT2D eigenvalue weighted by molar-refractivity contribution is 0.0789. The Morgan fingerprint density at radius 1 is 1.38 bits per heavy atom. The highest BCUT2D eigenvalue weighted by atomic mass is 19.1. The zero-order valence-corrected chi connectivity index (χ0v) is 14.0. The van der Waals surface area contributed by atoms with Crippen LogP contribution in [0.1, 0.15) is 44.3 Å². The number of carbonyl (C=O) groups is 1. The molecule has 1 aromatic carbocycles. The first kappa shape index (κ1) is 17.2. The van der Waals surface area contributed by atoms with Crippen molar-refractivity contribution >= 4 is 6.03 Å². The Hall–Kier alpha value is -1.66. The van der Waals surface area contributed by atoms with Crippen molar-refractivity contribution in [3.05, 3.63) is 35.6 Å². The largest absolute Gasteiger partial charge is 0.387 e. The number of benzene rings is 1. The molecule has 1 saturated carbocycles. The average molecular weight is 336 g/mol. The first-order valence-electron chi connectivity index (χ1n) is 8.67. The van der Waals surface area contributed by atoms with Gasteiger partial charge in [-0.15, -0.1) is 0 Å². The quantitative estimate of drug-likeness (QED) is 0.839. The molecule has 1 aliphatic carbocycles. The highest BCUT2D eigenvalue weighted by Gasteiger charge is 2.35. The van der Waals surface area contributed by atoms with Crippen molar-refractivity contribution in [2.24, 2.45) is 0 Å². The monoisotopic (exact) mass is 336 g/mol. The van der Waals surface area contributed by atoms with Crippen molar-refractivity contribution in [3.8, 4) is 0 Å². The van der Waals surface area contributed by atoms with Gasteiger partial charge in [0.15, 0.2) is 0 Å². The van der Waals surface area contributed by atoms with Gasteiger partial charge in [-0.25, -0.2) is 9.18 Å². The van der Waals surface area contributed by atoms with Crippen molar-refractivity contribution in [2.75, 3.05) is 13.2 Å². The number of amides is 2. The summed E-state index contributed by atoms with van der Waals surface area (Å²) < 4.78 is 18.6. The fourth-order valence-electron chi connectivity index (χ4n) is 3.13. The van der Waals surface area contributed by atoms with Crippen LogP contribution < -0.4 is 5.32 Å². The fraction of sp³-hybridized carbons (Fsp3) is 0.611. The maximum Gasteiger partial charge on any atom is 0.318 e. The number of hydrogen-bond acceptors (Lipinski definition) is 3. The number of urea groups is 1. The summed E-state index contributed by atoms with van der Waals surface area (Å²) in [6, 6.07) is 5.71. The van der Waals surface area contributed by atoms with Crippen molar-refractivity contribution in [2.45, 2.75) is 56.9 Å². The van der Waals surface area contributed by atoms with Crippen molar-refractivity contribution < 1.29 is 19.0 Å². The van der Waals surface area contributed by atoms with E-state index in [1.54, 1.807) is 17.0 Å². The summed E-state index contributed by atoms with van der Waals surface area (Å²) >= 11 is 0. The van der Waals surface area contributed by atoms with Gasteiger partial charge in [0, 0.05) is 12.6 Å². The summed E-state index contributed by atoms with van der Waals surface area (Å²) in [5, 5.41) is 13.4. The highest BCUT2D eigenvalue weighted by Crippen LogP contribution is 2.29. The predicted octanol–water partition coefficient (Wildman–Crippen LogP) is 2.60. The van der Waals surface area contributed by atoms with Gasteiger partial charge in [0.2, 0.25) is 0 Å². The molecule has 2 aliphatic rings. The normalized spacial score (nSPS) is 22.9. The third kappa shape index (κ3) is 4.24. The van der Waals surface area contributed by atoms with Gasteiger partial charge in [-0.1, -0.05) is 12.1 Å². The molecule has 0 aromatic heterocycles. The van der Waals surface area contributed by atoms with E-state index in [1.165, 1.54) is 12.1 Å². The number of ether oxygens (including phenoxy) is 1. The van der Waals surface area contributed by atoms with Gasteiger partial charge in [-0.05, 0) is 50.3 Å². The second-order valence-corrected chi connectivity index (χ2v) is 6.74. The van der Waals surface area contributed by atoms with Gasteiger partial charge >= 0.3 is 6.03 Å². The highest BCUT2D eigenvalue weighted by molar-refractivity contribution is 5.75. The van der Waals surface area contributed by atoms with Crippen LogP contribution in [0.4, 0.5) is 9.18 Å². The topological polar surface area (TPSA) is 61.8 Å². The van der Waals surface area contributed by atoms with Crippen LogP contribution in [0, 0.1) is 5.82 Å². The predicted molar refractivity (Wildman–Crippen MR) is 88.1 cm³/mol. The number of aliphatic hydroxyl groups excluding tert-OH is 1. The molecule has 6 heteroatoms. The van der Waals surface area contributed by atoms with Crippen LogP contribution in [0.25, 0.3) is 0 Å². The molecule has 0 bridgehead atoms. The van der Waals surface area contributed by atoms with E-state index in [0.717, 1.165) is 32.3 Å². The van der Waals surface area contributed by atoms with Crippen LogP contribution in [-0.4, -0.2) is 47.4 Å². The molecule has 1 aromatic rings. The lowest BCUT2D eigenvalue weighted by Crippen LogP contribution is -2.49. The van der Waals surface area contributed by atoms with E-state index in [4.69, 9.17) is 4.74 Å². The van der Waals surface area contributed by atoms with E-state index in [1.807, 2.05) is 6.92 Å². The Bertz CT molecular complexity index is 556. The van der Waals surface area contributed by atoms with Crippen LogP contribution in [0.3, 0.4) is 0 Å². The minimum atomic E-state index is -0.824. The number of carbonyl (C=O) groups excluding carboxylic acids is 1. The molecule has 3 atom stereocenters. The van der Waals surface area contributed by atoms with Crippen molar-refractivity contribution in [1.82, 2.24) is 10.2 Å². The Morgan fingerprint density at radius 3 is 2.67 bits per heavy atom. The van der Waals surface area contributed by atoms with Gasteiger partial charge in [0.1, 0.15) is 5.82 Å². The van der Waals surface area contributed by atoms with Gasteiger partial charge in [-0.2, -0.15) is 0 Å². The molecule has 0 spiro atoms. The molecule has 0 radical (unpaired) electrons. The summed E-state index contributed by atoms with van der Waals surface area (Å²) in [7, 11) is 0. The van der Waals surface area contributed by atoms with Gasteiger partial charge in [0.25, 0.3) is 0 Å². The first-order valence-corrected chi connectivity index (χ1v) is 8.67. The molecule has 2 fully saturated rings. The molecule has 1 saturated heterocycles. The summed E-state index contributed by atoms with van der Waals surface area (Å²) in [6.07, 6.45) is 3.14. The second-order valence-electron chi connectivity index (χ2n) is 6.74. The lowest BCUT2D eigenvalue weighted by atomic mass is 10.1. The van der Waals surface area contributed by atoms with E-state index in [9.17, 15) is 14.3 Å². The van der Waals surface area contributed by atoms with Crippen molar-refractivity contribution in [3.63, 3.8) is 0 Å². The molecule has 3 rings (SSSR count). The van der Waals surface area contributed by atoms with E-state index in [0.29, 0.717) is 5.56 Å². The van der Waals surface area contributed by atoms with Crippen LogP contribution in [-0.2, 0) is 4.74 Å². The zero-order valence-electron chi connectivity index (χ0n) is 14.0. The first-order chi connectivity index (χ1) is 11.5. The van der Waals surface area contributed by atoms with Crippen LogP contribution in [0.5, 0.6) is 0 Å². The summed E-state index contributed by atoms with van der Waals surface area (Å²) in [5.74, 6) is -0.340. The van der Waals surface area contributed by atoms with Gasteiger partial charge in [0.05, 0.1) is 24.8 Å². The zero-order chi connectivity index (χ0) is 17.1. The minimum Gasteiger partial charge on any atom is -0.387 e. The van der Waals surface area contributed by atoms with Crippen LogP contribution in [0.2, 0.25) is 0 Å². The maximum atomic E-state index is 13.0. The third-order valence-electron chi connectivity index (χ3n) is 4.75. The minimum absolute atomic E-state index is 0.0517. The molecule has 132 valence electrons. The average Bonchev–Trinajstić information content (AvgIpc) is 3.25. The SMILES string of the molecule is CC(NC(=O)N(CC(O)c1ccc(F)cc1)C1CC1)C1CCCO1. The molecule has 2 N–H and O–H groups in total. The molecule has 1 aliphatic heterocycles. The number of aliphatic hydroxyl groups is 1. The van der Waals surface area contributed by atoms with E-state index in [-0.39, 0.29) is 36.6 Å². The Labute approximate surface area is 141 Å². The summed E-state index contributed by atoms with van der Waals surface area (Å²) in [4.78, 5) is 14.3. The summed E-state index contributed by atoms with van der Waals surface area (Å²) in [6.45, 7) is 2.91. The van der Waals surface area contributed by atoms with E-state index >= 15 is 0 Å². The Morgan fingerprint density at radius 2 is 2.08 bits per heavy atom. The number of nitrogens with zero attached hydrogens (tertiary/aromatic N) is 1. The van der Waals surface area contributed by atoms with E-state index < -0.39 is 6.10 Å². The molecule has 5 nitrogen and oxygen atoms in total. The third-order valence-corrected chi connectivity index (χ3v) is 4.75. The molecular weight excluding hydrogens is 311 g/mol. The Balaban J connectivity index is 1.59. The van der Waals surface area contributed by atoms with E-state index in [2.05, 4.69) is 5.32 Å². The summed E-state index contributed by atoms with van der Waals surface area (Å²) in [5.41, 5.74) is 0.613.